The van der Waals surface area contributed by atoms with Gasteiger partial charge in [0.15, 0.2) is 0 Å². The van der Waals surface area contributed by atoms with Crippen molar-refractivity contribution in [2.24, 2.45) is 11.3 Å². The third-order valence-corrected chi connectivity index (χ3v) is 9.97. The molecular formula is C41H62N6O8. The second-order valence-corrected chi connectivity index (χ2v) is 16.1. The van der Waals surface area contributed by atoms with Crippen molar-refractivity contribution in [1.29, 1.82) is 0 Å². The molecular weight excluding hydrogens is 704 g/mol. The number of carboxylic acid groups (broad SMARTS) is 1. The first kappa shape index (κ1) is 46.3. The quantitative estimate of drug-likeness (QED) is 0.0711. The van der Waals surface area contributed by atoms with Crippen LogP contribution < -0.4 is 21.3 Å². The molecule has 0 fully saturated rings. The van der Waals surface area contributed by atoms with E-state index in [4.69, 9.17) is 0 Å². The predicted molar refractivity (Wildman–Crippen MR) is 210 cm³/mol. The van der Waals surface area contributed by atoms with Crippen LogP contribution in [0.1, 0.15) is 93.1 Å². The summed E-state index contributed by atoms with van der Waals surface area (Å²) in [6.45, 7) is 15.6. The fraction of sp³-hybridized carbons (Fsp3) is 0.585. The Morgan fingerprint density at radius 3 is 2.02 bits per heavy atom. The normalized spacial score (nSPS) is 15.7. The van der Waals surface area contributed by atoms with Crippen LogP contribution in [0.2, 0.25) is 0 Å². The van der Waals surface area contributed by atoms with Crippen molar-refractivity contribution >= 4 is 41.4 Å². The number of carboxylic acids is 1. The topological polar surface area (TPSA) is 194 Å². The first-order valence-corrected chi connectivity index (χ1v) is 19.0. The zero-order chi connectivity index (χ0) is 41.7. The molecule has 1 aromatic rings. The molecule has 0 bridgehead atoms. The number of aliphatic carboxylic acids is 1. The van der Waals surface area contributed by atoms with E-state index in [1.54, 1.807) is 32.0 Å². The summed E-state index contributed by atoms with van der Waals surface area (Å²) in [6.07, 6.45) is 5.24. The van der Waals surface area contributed by atoms with Crippen molar-refractivity contribution in [3.63, 3.8) is 0 Å². The number of hydrogen-bond donors (Lipinski definition) is 5. The van der Waals surface area contributed by atoms with Crippen LogP contribution in [0.25, 0.3) is 0 Å². The number of unbranched alkanes of at least 4 members (excludes halogenated alkanes) is 1. The van der Waals surface area contributed by atoms with Crippen LogP contribution in [0.3, 0.4) is 0 Å². The van der Waals surface area contributed by atoms with Crippen LogP contribution in [0.4, 0.5) is 0 Å². The molecule has 14 heteroatoms. The average molecular weight is 767 g/mol. The van der Waals surface area contributed by atoms with E-state index in [1.165, 1.54) is 0 Å². The molecule has 304 valence electrons. The zero-order valence-electron chi connectivity index (χ0n) is 34.2. The molecule has 0 radical (unpaired) electrons. The van der Waals surface area contributed by atoms with Gasteiger partial charge in [0.25, 0.3) is 11.8 Å². The van der Waals surface area contributed by atoms with Gasteiger partial charge in [-0.05, 0) is 56.6 Å². The van der Waals surface area contributed by atoms with Gasteiger partial charge in [-0.15, -0.1) is 0 Å². The van der Waals surface area contributed by atoms with E-state index in [0.717, 1.165) is 22.6 Å². The van der Waals surface area contributed by atoms with Crippen molar-refractivity contribution < 1.29 is 38.7 Å². The third kappa shape index (κ3) is 13.4. The summed E-state index contributed by atoms with van der Waals surface area (Å²) < 4.78 is 0. The minimum Gasteiger partial charge on any atom is -0.480 e. The third-order valence-electron chi connectivity index (χ3n) is 9.97. The number of carbonyl (C=O) groups is 7. The van der Waals surface area contributed by atoms with E-state index in [2.05, 4.69) is 21.3 Å². The Labute approximate surface area is 325 Å². The second-order valence-electron chi connectivity index (χ2n) is 16.1. The van der Waals surface area contributed by atoms with Crippen LogP contribution in [0.15, 0.2) is 54.1 Å². The van der Waals surface area contributed by atoms with Gasteiger partial charge in [0, 0.05) is 49.7 Å². The maximum absolute atomic E-state index is 14.2. The molecule has 14 nitrogen and oxygen atoms in total. The summed E-state index contributed by atoms with van der Waals surface area (Å²) in [6, 6.07) is 6.65. The molecule has 55 heavy (non-hydrogen) atoms. The number of hydrogen-bond acceptors (Lipinski definition) is 8. The molecule has 4 atom stereocenters. The van der Waals surface area contributed by atoms with Gasteiger partial charge in [-0.25, -0.2) is 4.79 Å². The first-order chi connectivity index (χ1) is 25.6. The number of nitrogens with zero attached hydrogens (tertiary/aromatic N) is 2. The Balaban J connectivity index is 1.98. The van der Waals surface area contributed by atoms with Crippen molar-refractivity contribution in [1.82, 2.24) is 31.1 Å². The fourth-order valence-corrected chi connectivity index (χ4v) is 6.55. The van der Waals surface area contributed by atoms with Crippen molar-refractivity contribution in [3.05, 3.63) is 59.7 Å². The van der Waals surface area contributed by atoms with Gasteiger partial charge in [-0.1, -0.05) is 84.9 Å². The van der Waals surface area contributed by atoms with Crippen LogP contribution in [0, 0.1) is 11.3 Å². The van der Waals surface area contributed by atoms with E-state index in [-0.39, 0.29) is 56.0 Å². The van der Waals surface area contributed by atoms with Crippen LogP contribution in [0.5, 0.6) is 0 Å². The smallest absolute Gasteiger partial charge is 0.326 e. The van der Waals surface area contributed by atoms with Gasteiger partial charge >= 0.3 is 5.97 Å². The van der Waals surface area contributed by atoms with Crippen molar-refractivity contribution in [2.75, 3.05) is 27.2 Å². The summed E-state index contributed by atoms with van der Waals surface area (Å²) in [5.41, 5.74) is 0.161. The number of likely N-dealkylation sites (N-methyl/N-ethyl adjacent to an activating group) is 2. The Kier molecular flexibility index (Phi) is 17.4. The summed E-state index contributed by atoms with van der Waals surface area (Å²) in [5, 5.41) is 21.1. The highest BCUT2D eigenvalue weighted by Gasteiger charge is 2.41. The molecule has 0 unspecified atom stereocenters. The lowest BCUT2D eigenvalue weighted by atomic mass is 9.76. The van der Waals surface area contributed by atoms with E-state index in [1.807, 2.05) is 78.8 Å². The van der Waals surface area contributed by atoms with Gasteiger partial charge in [0.05, 0.1) is 12.1 Å². The molecule has 0 aromatic heterocycles. The fourth-order valence-electron chi connectivity index (χ4n) is 6.55. The lowest BCUT2D eigenvalue weighted by Gasteiger charge is -2.40. The number of rotatable bonds is 21. The van der Waals surface area contributed by atoms with Crippen LogP contribution >= 0.6 is 0 Å². The summed E-state index contributed by atoms with van der Waals surface area (Å²) in [4.78, 5) is 91.1. The molecule has 1 aliphatic rings. The lowest BCUT2D eigenvalue weighted by molar-refractivity contribution is -0.142. The lowest BCUT2D eigenvalue weighted by Crippen LogP contribution is -2.61. The monoisotopic (exact) mass is 766 g/mol. The predicted octanol–water partition coefficient (Wildman–Crippen LogP) is 3.07. The van der Waals surface area contributed by atoms with E-state index in [9.17, 15) is 38.7 Å². The van der Waals surface area contributed by atoms with E-state index >= 15 is 0 Å². The summed E-state index contributed by atoms with van der Waals surface area (Å²) >= 11 is 0. The van der Waals surface area contributed by atoms with Gasteiger partial charge in [0.2, 0.25) is 23.6 Å². The Morgan fingerprint density at radius 1 is 0.891 bits per heavy atom. The van der Waals surface area contributed by atoms with E-state index < -0.39 is 58.7 Å². The number of amides is 6. The maximum Gasteiger partial charge on any atom is 0.326 e. The Morgan fingerprint density at radius 2 is 1.49 bits per heavy atom. The zero-order valence-corrected chi connectivity index (χ0v) is 34.2. The Bertz CT molecular complexity index is 1580. The molecule has 0 saturated heterocycles. The highest BCUT2D eigenvalue weighted by Crippen LogP contribution is 2.29. The number of carbonyl (C=O) groups excluding carboxylic acids is 6. The SMILES string of the molecule is CN[C@H](C(=O)N[C@H](C(=O)N(C)[C@H](/C=C(\C)C(=O)NCCCC[C@@H](NC(=O)CCCN1C(=O)C=CC1=O)C(=O)O)C(C)C)C(C)(C)C)C(C)(C)c1ccccc1. The largest absolute Gasteiger partial charge is 0.480 e. The van der Waals surface area contributed by atoms with Crippen LogP contribution in [-0.4, -0.2) is 108 Å². The van der Waals surface area contributed by atoms with Gasteiger partial charge < -0.3 is 31.3 Å². The Hall–Kier alpha value is -4.85. The van der Waals surface area contributed by atoms with Gasteiger partial charge in [-0.3, -0.25) is 33.7 Å². The molecule has 1 aliphatic heterocycles. The minimum atomic E-state index is -1.19. The highest BCUT2D eigenvalue weighted by atomic mass is 16.4. The molecule has 6 amide bonds. The number of benzene rings is 1. The molecule has 5 N–H and O–H groups in total. The maximum atomic E-state index is 14.2. The molecule has 1 heterocycles. The van der Waals surface area contributed by atoms with Crippen molar-refractivity contribution in [3.8, 4) is 0 Å². The number of imide groups is 1. The van der Waals surface area contributed by atoms with Gasteiger partial charge in [-0.2, -0.15) is 0 Å². The summed E-state index contributed by atoms with van der Waals surface area (Å²) in [7, 11) is 3.40. The van der Waals surface area contributed by atoms with E-state index in [0.29, 0.717) is 18.4 Å². The summed E-state index contributed by atoms with van der Waals surface area (Å²) in [5.74, 6) is -3.56. The minimum absolute atomic E-state index is 0.0456. The molecule has 0 spiro atoms. The molecule has 0 saturated carbocycles. The molecule has 0 aliphatic carbocycles. The van der Waals surface area contributed by atoms with Crippen LogP contribution in [-0.2, 0) is 39.0 Å². The average Bonchev–Trinajstić information content (AvgIpc) is 3.43. The standard InChI is InChI=1S/C41H62N6O8/c1-26(2)30(46(10)38(53)35(40(4,5)6)45-37(52)34(42-9)41(7,8)28-17-12-11-13-18-28)25-27(3)36(51)43-23-15-14-19-29(39(54)55)44-31(48)20-16-24-47-32(49)21-22-33(47)50/h11-13,17-18,21-22,25-26,29-30,34-35,42H,14-16,19-20,23-24H2,1-10H3,(H,43,51)(H,44,48)(H,45,52)(H,54,55)/b27-25+/t29-,30-,34-,35-/m1/s1. The second kappa shape index (κ2) is 20.7. The van der Waals surface area contributed by atoms with Crippen molar-refractivity contribution in [2.45, 2.75) is 117 Å². The van der Waals surface area contributed by atoms with Gasteiger partial charge in [0.1, 0.15) is 12.1 Å². The number of nitrogens with one attached hydrogen (secondary N) is 4. The molecule has 1 aromatic carbocycles. The molecule has 2 rings (SSSR count). The first-order valence-electron chi connectivity index (χ1n) is 19.0. The highest BCUT2D eigenvalue weighted by molar-refractivity contribution is 6.12.